The second-order valence-corrected chi connectivity index (χ2v) is 4.75. The lowest BCUT2D eigenvalue weighted by Gasteiger charge is -2.35. The summed E-state index contributed by atoms with van der Waals surface area (Å²) < 4.78 is 0. The van der Waals surface area contributed by atoms with Gasteiger partial charge in [-0.15, -0.1) is 0 Å². The quantitative estimate of drug-likeness (QED) is 0.706. The van der Waals surface area contributed by atoms with Crippen molar-refractivity contribution in [1.82, 2.24) is 4.90 Å². The predicted octanol–water partition coefficient (Wildman–Crippen LogP) is 0.817. The lowest BCUT2D eigenvalue weighted by Crippen LogP contribution is -2.42. The zero-order chi connectivity index (χ0) is 10.6. The third kappa shape index (κ3) is 3.56. The van der Waals surface area contributed by atoms with E-state index in [0.717, 1.165) is 5.92 Å². The second kappa shape index (κ2) is 5.69. The molecule has 1 rings (SSSR count). The average Bonchev–Trinajstić information content (AvgIpc) is 2.17. The van der Waals surface area contributed by atoms with Gasteiger partial charge in [0.05, 0.1) is 6.10 Å². The van der Waals surface area contributed by atoms with E-state index >= 15 is 0 Å². The summed E-state index contributed by atoms with van der Waals surface area (Å²) in [7, 11) is 2.10. The molecule has 0 aromatic heterocycles. The van der Waals surface area contributed by atoms with E-state index in [0.29, 0.717) is 19.1 Å². The fourth-order valence-electron chi connectivity index (χ4n) is 2.36. The van der Waals surface area contributed by atoms with Gasteiger partial charge in [-0.25, -0.2) is 0 Å². The van der Waals surface area contributed by atoms with E-state index < -0.39 is 0 Å². The van der Waals surface area contributed by atoms with E-state index in [4.69, 9.17) is 5.73 Å². The molecule has 3 nitrogen and oxygen atoms in total. The van der Waals surface area contributed by atoms with Crippen molar-refractivity contribution in [2.24, 2.45) is 11.7 Å². The third-order valence-corrected chi connectivity index (χ3v) is 3.30. The standard InChI is InChI=1S/C11H24N2O/c1-9-4-3-5-10(6-9)13(2)8-11(14)7-12/h9-11,14H,3-8,12H2,1-2H3. The maximum absolute atomic E-state index is 9.46. The summed E-state index contributed by atoms with van der Waals surface area (Å²) in [6, 6.07) is 0.653. The molecular weight excluding hydrogens is 176 g/mol. The summed E-state index contributed by atoms with van der Waals surface area (Å²) in [5.74, 6) is 0.839. The van der Waals surface area contributed by atoms with Gasteiger partial charge in [-0.05, 0) is 25.8 Å². The predicted molar refractivity (Wildman–Crippen MR) is 59.1 cm³/mol. The normalized spacial score (nSPS) is 30.6. The Balaban J connectivity index is 2.31. The number of hydrogen-bond acceptors (Lipinski definition) is 3. The molecule has 3 N–H and O–H groups in total. The van der Waals surface area contributed by atoms with Crippen LogP contribution in [-0.4, -0.2) is 42.3 Å². The summed E-state index contributed by atoms with van der Waals surface area (Å²) >= 11 is 0. The van der Waals surface area contributed by atoms with Crippen molar-refractivity contribution in [1.29, 1.82) is 0 Å². The van der Waals surface area contributed by atoms with Gasteiger partial charge in [0, 0.05) is 19.1 Å². The first-order valence-corrected chi connectivity index (χ1v) is 5.71. The molecule has 0 aromatic carbocycles. The Kier molecular flexibility index (Phi) is 4.85. The van der Waals surface area contributed by atoms with Crippen molar-refractivity contribution in [3.05, 3.63) is 0 Å². The number of likely N-dealkylation sites (N-methyl/N-ethyl adjacent to an activating group) is 1. The Morgan fingerprint density at radius 2 is 2.21 bits per heavy atom. The maximum atomic E-state index is 9.46. The average molecular weight is 200 g/mol. The summed E-state index contributed by atoms with van der Waals surface area (Å²) in [6.07, 6.45) is 4.88. The molecule has 1 aliphatic carbocycles. The van der Waals surface area contributed by atoms with E-state index in [2.05, 4.69) is 18.9 Å². The molecule has 1 fully saturated rings. The van der Waals surface area contributed by atoms with Crippen LogP contribution in [0.25, 0.3) is 0 Å². The van der Waals surface area contributed by atoms with Crippen molar-refractivity contribution in [3.8, 4) is 0 Å². The van der Waals surface area contributed by atoms with Crippen molar-refractivity contribution < 1.29 is 5.11 Å². The van der Waals surface area contributed by atoms with Gasteiger partial charge in [-0.1, -0.05) is 19.8 Å². The fraction of sp³-hybridized carbons (Fsp3) is 1.00. The molecular formula is C11H24N2O. The Morgan fingerprint density at radius 3 is 2.79 bits per heavy atom. The van der Waals surface area contributed by atoms with Crippen LogP contribution in [0, 0.1) is 5.92 Å². The van der Waals surface area contributed by atoms with E-state index in [1.54, 1.807) is 0 Å². The van der Waals surface area contributed by atoms with Crippen LogP contribution >= 0.6 is 0 Å². The largest absolute Gasteiger partial charge is 0.390 e. The van der Waals surface area contributed by atoms with E-state index in [1.165, 1.54) is 25.7 Å². The Morgan fingerprint density at radius 1 is 1.50 bits per heavy atom. The third-order valence-electron chi connectivity index (χ3n) is 3.30. The number of aliphatic hydroxyl groups excluding tert-OH is 1. The smallest absolute Gasteiger partial charge is 0.0789 e. The van der Waals surface area contributed by atoms with Gasteiger partial charge >= 0.3 is 0 Å². The van der Waals surface area contributed by atoms with Crippen LogP contribution in [0.1, 0.15) is 32.6 Å². The van der Waals surface area contributed by atoms with E-state index in [-0.39, 0.29) is 6.10 Å². The van der Waals surface area contributed by atoms with Gasteiger partial charge in [-0.3, -0.25) is 0 Å². The highest BCUT2D eigenvalue weighted by Gasteiger charge is 2.23. The number of aliphatic hydroxyl groups is 1. The number of nitrogens with zero attached hydrogens (tertiary/aromatic N) is 1. The molecule has 3 unspecified atom stereocenters. The second-order valence-electron chi connectivity index (χ2n) is 4.75. The monoisotopic (exact) mass is 200 g/mol. The van der Waals surface area contributed by atoms with E-state index in [9.17, 15) is 5.11 Å². The molecule has 0 spiro atoms. The molecule has 0 amide bonds. The molecule has 0 aromatic rings. The van der Waals surface area contributed by atoms with Crippen LogP contribution in [0.5, 0.6) is 0 Å². The minimum Gasteiger partial charge on any atom is -0.390 e. The molecule has 1 aliphatic rings. The highest BCUT2D eigenvalue weighted by molar-refractivity contribution is 4.78. The lowest BCUT2D eigenvalue weighted by atomic mass is 9.86. The molecule has 0 bridgehead atoms. The molecule has 1 saturated carbocycles. The Hall–Kier alpha value is -0.120. The summed E-state index contributed by atoms with van der Waals surface area (Å²) in [5, 5.41) is 9.46. The van der Waals surface area contributed by atoms with Crippen molar-refractivity contribution in [3.63, 3.8) is 0 Å². The van der Waals surface area contributed by atoms with Gasteiger partial charge < -0.3 is 15.7 Å². The Bertz CT molecular complexity index is 163. The van der Waals surface area contributed by atoms with Gasteiger partial charge in [-0.2, -0.15) is 0 Å². The van der Waals surface area contributed by atoms with Crippen LogP contribution < -0.4 is 5.73 Å². The first-order chi connectivity index (χ1) is 6.63. The SMILES string of the molecule is CC1CCCC(N(C)CC(O)CN)C1. The van der Waals surface area contributed by atoms with Gasteiger partial charge in [0.1, 0.15) is 0 Å². The highest BCUT2D eigenvalue weighted by atomic mass is 16.3. The number of rotatable bonds is 4. The molecule has 0 heterocycles. The van der Waals surface area contributed by atoms with Crippen molar-refractivity contribution in [2.45, 2.75) is 44.8 Å². The van der Waals surface area contributed by atoms with Crippen LogP contribution in [0.3, 0.4) is 0 Å². The molecule has 84 valence electrons. The summed E-state index contributed by atoms with van der Waals surface area (Å²) in [5.41, 5.74) is 5.40. The van der Waals surface area contributed by atoms with E-state index in [1.807, 2.05) is 0 Å². The first-order valence-electron chi connectivity index (χ1n) is 5.71. The zero-order valence-corrected chi connectivity index (χ0v) is 9.45. The van der Waals surface area contributed by atoms with Crippen molar-refractivity contribution in [2.75, 3.05) is 20.1 Å². The molecule has 0 radical (unpaired) electrons. The minimum absolute atomic E-state index is 0.364. The topological polar surface area (TPSA) is 49.5 Å². The summed E-state index contributed by atoms with van der Waals surface area (Å²) in [4.78, 5) is 2.27. The minimum atomic E-state index is -0.364. The van der Waals surface area contributed by atoms with Crippen LogP contribution in [-0.2, 0) is 0 Å². The Labute approximate surface area is 87.3 Å². The van der Waals surface area contributed by atoms with Crippen molar-refractivity contribution >= 4 is 0 Å². The van der Waals surface area contributed by atoms with Crippen LogP contribution in [0.2, 0.25) is 0 Å². The highest BCUT2D eigenvalue weighted by Crippen LogP contribution is 2.26. The molecule has 0 aliphatic heterocycles. The molecule has 3 atom stereocenters. The summed E-state index contributed by atoms with van der Waals surface area (Å²) in [6.45, 7) is 3.40. The molecule has 3 heteroatoms. The molecule has 0 saturated heterocycles. The first kappa shape index (κ1) is 12.0. The number of hydrogen-bond donors (Lipinski definition) is 2. The zero-order valence-electron chi connectivity index (χ0n) is 9.45. The van der Waals surface area contributed by atoms with Crippen LogP contribution in [0.4, 0.5) is 0 Å². The number of nitrogens with two attached hydrogens (primary N) is 1. The lowest BCUT2D eigenvalue weighted by molar-refractivity contribution is 0.0876. The fourth-order valence-corrected chi connectivity index (χ4v) is 2.36. The van der Waals surface area contributed by atoms with Gasteiger partial charge in [0.25, 0.3) is 0 Å². The van der Waals surface area contributed by atoms with Gasteiger partial charge in [0.15, 0.2) is 0 Å². The molecule has 14 heavy (non-hydrogen) atoms. The van der Waals surface area contributed by atoms with Gasteiger partial charge in [0.2, 0.25) is 0 Å². The van der Waals surface area contributed by atoms with Crippen LogP contribution in [0.15, 0.2) is 0 Å². The maximum Gasteiger partial charge on any atom is 0.0789 e.